The fraction of sp³-hybridized carbons (Fsp3) is 1.00. The monoisotopic (exact) mass is 213 g/mol. The van der Waals surface area contributed by atoms with E-state index in [0.717, 1.165) is 32.8 Å². The van der Waals surface area contributed by atoms with E-state index in [9.17, 15) is 0 Å². The van der Waals surface area contributed by atoms with Gasteiger partial charge >= 0.3 is 0 Å². The normalized spacial score (nSPS) is 40.6. The van der Waals surface area contributed by atoms with E-state index in [2.05, 4.69) is 26.1 Å². The summed E-state index contributed by atoms with van der Waals surface area (Å²) in [5, 5.41) is 3.53. The molecule has 2 aliphatic rings. The zero-order valence-electron chi connectivity index (χ0n) is 10.1. The Bertz CT molecular complexity index is 212. The Morgan fingerprint density at radius 3 is 2.67 bits per heavy atom. The fourth-order valence-electron chi connectivity index (χ4n) is 2.31. The summed E-state index contributed by atoms with van der Waals surface area (Å²) in [5.74, 6) is 0.670. The quantitative estimate of drug-likeness (QED) is 0.758. The van der Waals surface area contributed by atoms with Crippen LogP contribution in [-0.4, -0.2) is 32.1 Å². The van der Waals surface area contributed by atoms with E-state index in [-0.39, 0.29) is 11.1 Å². The van der Waals surface area contributed by atoms with Gasteiger partial charge in [0.15, 0.2) is 0 Å². The molecule has 15 heavy (non-hydrogen) atoms. The number of nitrogens with one attached hydrogen (secondary N) is 1. The van der Waals surface area contributed by atoms with E-state index >= 15 is 0 Å². The Morgan fingerprint density at radius 1 is 1.33 bits per heavy atom. The molecule has 2 atom stereocenters. The van der Waals surface area contributed by atoms with Crippen LogP contribution in [0.2, 0.25) is 0 Å². The van der Waals surface area contributed by atoms with Crippen LogP contribution in [0.15, 0.2) is 0 Å². The van der Waals surface area contributed by atoms with E-state index in [1.54, 1.807) is 0 Å². The second-order valence-electron chi connectivity index (χ2n) is 5.97. The molecule has 2 rings (SSSR count). The fourth-order valence-corrected chi connectivity index (χ4v) is 2.31. The number of ether oxygens (including phenoxy) is 2. The van der Waals surface area contributed by atoms with Gasteiger partial charge in [-0.3, -0.25) is 5.32 Å². The lowest BCUT2D eigenvalue weighted by atomic mass is 9.89. The van der Waals surface area contributed by atoms with Crippen molar-refractivity contribution in [3.8, 4) is 0 Å². The van der Waals surface area contributed by atoms with Crippen LogP contribution < -0.4 is 5.32 Å². The van der Waals surface area contributed by atoms with Gasteiger partial charge in [-0.25, -0.2) is 0 Å². The van der Waals surface area contributed by atoms with Crippen molar-refractivity contribution in [2.24, 2.45) is 11.3 Å². The Hall–Kier alpha value is -0.120. The number of hydrogen-bond acceptors (Lipinski definition) is 3. The smallest absolute Gasteiger partial charge is 0.116 e. The van der Waals surface area contributed by atoms with Crippen molar-refractivity contribution in [2.75, 3.05) is 26.4 Å². The third-order valence-corrected chi connectivity index (χ3v) is 3.42. The molecule has 2 heterocycles. The highest BCUT2D eigenvalue weighted by molar-refractivity contribution is 4.86. The van der Waals surface area contributed by atoms with Gasteiger partial charge in [0.1, 0.15) is 5.72 Å². The van der Waals surface area contributed by atoms with Crippen molar-refractivity contribution in [1.82, 2.24) is 5.32 Å². The van der Waals surface area contributed by atoms with Crippen LogP contribution in [0.3, 0.4) is 0 Å². The maximum Gasteiger partial charge on any atom is 0.116 e. The molecule has 2 fully saturated rings. The summed E-state index contributed by atoms with van der Waals surface area (Å²) >= 11 is 0. The summed E-state index contributed by atoms with van der Waals surface area (Å²) in [6.45, 7) is 10.4. The van der Waals surface area contributed by atoms with Crippen LogP contribution in [0.4, 0.5) is 0 Å². The summed E-state index contributed by atoms with van der Waals surface area (Å²) < 4.78 is 11.4. The molecule has 0 radical (unpaired) electrons. The molecule has 2 aliphatic heterocycles. The van der Waals surface area contributed by atoms with Crippen LogP contribution >= 0.6 is 0 Å². The molecular weight excluding hydrogens is 190 g/mol. The van der Waals surface area contributed by atoms with Gasteiger partial charge in [0, 0.05) is 25.2 Å². The van der Waals surface area contributed by atoms with Gasteiger partial charge in [0.05, 0.1) is 6.61 Å². The van der Waals surface area contributed by atoms with Crippen LogP contribution in [0.1, 0.15) is 33.6 Å². The molecule has 0 saturated carbocycles. The van der Waals surface area contributed by atoms with Crippen molar-refractivity contribution in [3.63, 3.8) is 0 Å². The lowest BCUT2D eigenvalue weighted by Crippen LogP contribution is -2.56. The first kappa shape index (κ1) is 11.4. The predicted molar refractivity (Wildman–Crippen MR) is 59.7 cm³/mol. The summed E-state index contributed by atoms with van der Waals surface area (Å²) in [6, 6.07) is 0. The average molecular weight is 213 g/mol. The molecule has 0 aromatic carbocycles. The third kappa shape index (κ3) is 2.92. The van der Waals surface area contributed by atoms with Crippen molar-refractivity contribution in [2.45, 2.75) is 39.3 Å². The summed E-state index contributed by atoms with van der Waals surface area (Å²) in [6.07, 6.45) is 2.26. The minimum Gasteiger partial charge on any atom is -0.381 e. The Morgan fingerprint density at radius 2 is 2.13 bits per heavy atom. The van der Waals surface area contributed by atoms with Crippen molar-refractivity contribution in [1.29, 1.82) is 0 Å². The first-order valence-electron chi connectivity index (χ1n) is 5.96. The summed E-state index contributed by atoms with van der Waals surface area (Å²) in [7, 11) is 0. The molecule has 0 bridgehead atoms. The van der Waals surface area contributed by atoms with Gasteiger partial charge in [-0.2, -0.15) is 0 Å². The highest BCUT2D eigenvalue weighted by atomic mass is 16.5. The van der Waals surface area contributed by atoms with Crippen LogP contribution in [0.25, 0.3) is 0 Å². The molecule has 2 saturated heterocycles. The van der Waals surface area contributed by atoms with Crippen molar-refractivity contribution < 1.29 is 9.47 Å². The largest absolute Gasteiger partial charge is 0.381 e. The van der Waals surface area contributed by atoms with Gasteiger partial charge in [0.2, 0.25) is 0 Å². The lowest BCUT2D eigenvalue weighted by molar-refractivity contribution is -0.136. The second kappa shape index (κ2) is 4.04. The van der Waals surface area contributed by atoms with Crippen LogP contribution in [-0.2, 0) is 9.47 Å². The molecule has 0 amide bonds. The molecule has 0 aromatic heterocycles. The second-order valence-corrected chi connectivity index (χ2v) is 5.97. The molecular formula is C12H23NO2. The molecule has 3 heteroatoms. The van der Waals surface area contributed by atoms with Gasteiger partial charge in [-0.05, 0) is 25.7 Å². The zero-order chi connectivity index (χ0) is 10.9. The molecule has 0 aromatic rings. The Labute approximate surface area is 92.5 Å². The van der Waals surface area contributed by atoms with Crippen LogP contribution in [0, 0.1) is 11.3 Å². The van der Waals surface area contributed by atoms with Crippen molar-refractivity contribution in [3.05, 3.63) is 0 Å². The van der Waals surface area contributed by atoms with E-state index in [1.807, 2.05) is 0 Å². The maximum absolute atomic E-state index is 5.98. The third-order valence-electron chi connectivity index (χ3n) is 3.42. The first-order valence-corrected chi connectivity index (χ1v) is 5.96. The Balaban J connectivity index is 1.85. The number of hydrogen-bond donors (Lipinski definition) is 1. The minimum atomic E-state index is -0.131. The van der Waals surface area contributed by atoms with Gasteiger partial charge < -0.3 is 9.47 Å². The lowest BCUT2D eigenvalue weighted by Gasteiger charge is -2.43. The minimum absolute atomic E-state index is 0.131. The molecule has 3 nitrogen and oxygen atoms in total. The Kier molecular flexibility index (Phi) is 3.06. The maximum atomic E-state index is 5.98. The predicted octanol–water partition coefficient (Wildman–Crippen LogP) is 1.78. The molecule has 0 aliphatic carbocycles. The number of rotatable bonds is 2. The molecule has 88 valence electrons. The van der Waals surface area contributed by atoms with Crippen molar-refractivity contribution >= 4 is 0 Å². The SMILES string of the molecule is CC1(C)CNC(C)(CC2CCOC2)OC1. The van der Waals surface area contributed by atoms with E-state index in [0.29, 0.717) is 5.92 Å². The standard InChI is InChI=1S/C12H23NO2/c1-11(2)8-13-12(3,15-9-11)6-10-4-5-14-7-10/h10,13H,4-9H2,1-3H3. The molecule has 0 spiro atoms. The van der Waals surface area contributed by atoms with E-state index < -0.39 is 0 Å². The van der Waals surface area contributed by atoms with Crippen LogP contribution in [0.5, 0.6) is 0 Å². The molecule has 2 unspecified atom stereocenters. The highest BCUT2D eigenvalue weighted by Crippen LogP contribution is 2.30. The average Bonchev–Trinajstić information content (AvgIpc) is 2.64. The zero-order valence-corrected chi connectivity index (χ0v) is 10.1. The summed E-state index contributed by atoms with van der Waals surface area (Å²) in [5.41, 5.74) is 0.138. The summed E-state index contributed by atoms with van der Waals surface area (Å²) in [4.78, 5) is 0. The molecule has 1 N–H and O–H groups in total. The van der Waals surface area contributed by atoms with Gasteiger partial charge in [0.25, 0.3) is 0 Å². The van der Waals surface area contributed by atoms with Gasteiger partial charge in [-0.15, -0.1) is 0 Å². The van der Waals surface area contributed by atoms with E-state index in [4.69, 9.17) is 9.47 Å². The van der Waals surface area contributed by atoms with E-state index in [1.165, 1.54) is 6.42 Å². The van der Waals surface area contributed by atoms with Gasteiger partial charge in [-0.1, -0.05) is 13.8 Å². The highest BCUT2D eigenvalue weighted by Gasteiger charge is 2.37. The first-order chi connectivity index (χ1) is 6.99. The topological polar surface area (TPSA) is 30.5 Å².